The predicted octanol–water partition coefficient (Wildman–Crippen LogP) is 5.26. The molecule has 1 amide bonds. The molecule has 4 aromatic rings. The summed E-state index contributed by atoms with van der Waals surface area (Å²) in [6.45, 7) is 2.55. The molecule has 1 aliphatic rings. The second kappa shape index (κ2) is 9.36. The van der Waals surface area contributed by atoms with Gasteiger partial charge < -0.3 is 4.74 Å². The number of sulfonamides is 1. The molecule has 176 valence electrons. The minimum absolute atomic E-state index is 0.233. The molecule has 1 fully saturated rings. The van der Waals surface area contributed by atoms with E-state index in [1.54, 1.807) is 30.3 Å². The molecule has 0 bridgehead atoms. The number of amides is 1. The van der Waals surface area contributed by atoms with Crippen LogP contribution in [0.3, 0.4) is 0 Å². The van der Waals surface area contributed by atoms with Gasteiger partial charge in [-0.15, -0.1) is 10.2 Å². The van der Waals surface area contributed by atoms with E-state index in [4.69, 9.17) is 9.72 Å². The zero-order chi connectivity index (χ0) is 24.4. The number of hydrogen-bond donors (Lipinski definition) is 0. The number of aromatic nitrogens is 1. The fraction of sp³-hybridized carbons (Fsp3) is 0.154. The molecule has 8 nitrogen and oxygen atoms in total. The summed E-state index contributed by atoms with van der Waals surface area (Å²) in [6, 6.07) is 23.7. The minimum atomic E-state index is -3.52. The number of fused-ring (bicyclic) bond motifs is 1. The lowest BCUT2D eigenvalue weighted by atomic mass is 10.0. The Morgan fingerprint density at radius 3 is 2.60 bits per heavy atom. The minimum Gasteiger partial charge on any atom is -0.362 e. The monoisotopic (exact) mass is 486 g/mol. The van der Waals surface area contributed by atoms with Crippen molar-refractivity contribution in [3.05, 3.63) is 90.0 Å². The first-order valence-corrected chi connectivity index (χ1v) is 12.6. The van der Waals surface area contributed by atoms with Gasteiger partial charge in [0.25, 0.3) is 15.9 Å². The molecule has 1 aromatic heterocycles. The quantitative estimate of drug-likeness (QED) is 0.366. The number of para-hydroxylation sites is 1. The molecule has 0 radical (unpaired) electrons. The summed E-state index contributed by atoms with van der Waals surface area (Å²) in [6.07, 6.45) is 0. The van der Waals surface area contributed by atoms with Crippen molar-refractivity contribution in [2.24, 2.45) is 10.2 Å². The molecule has 3 aromatic carbocycles. The Labute approximate surface area is 203 Å². The third-order valence-corrected chi connectivity index (χ3v) is 7.29. The number of carbonyl (C=O) groups excluding carboxylic acids is 1. The van der Waals surface area contributed by atoms with Crippen molar-refractivity contribution < 1.29 is 17.9 Å². The normalized spacial score (nSPS) is 15.5. The molecule has 0 N–H and O–H groups in total. The van der Waals surface area contributed by atoms with Crippen LogP contribution in [0, 0.1) is 6.92 Å². The molecule has 1 saturated heterocycles. The average Bonchev–Trinajstić information content (AvgIpc) is 2.87. The predicted molar refractivity (Wildman–Crippen MR) is 134 cm³/mol. The number of aryl methyl sites for hydroxylation is 1. The number of azo groups is 1. The number of carbonyl (C=O) groups is 1. The van der Waals surface area contributed by atoms with Gasteiger partial charge in [-0.1, -0.05) is 30.3 Å². The van der Waals surface area contributed by atoms with E-state index in [1.165, 1.54) is 4.31 Å². The van der Waals surface area contributed by atoms with E-state index in [0.29, 0.717) is 23.5 Å². The van der Waals surface area contributed by atoms with Gasteiger partial charge >= 0.3 is 0 Å². The highest BCUT2D eigenvalue weighted by Crippen LogP contribution is 2.28. The van der Waals surface area contributed by atoms with Crippen LogP contribution in [0.4, 0.5) is 11.4 Å². The summed E-state index contributed by atoms with van der Waals surface area (Å²) < 4.78 is 30.6. The van der Waals surface area contributed by atoms with Crippen molar-refractivity contribution in [1.29, 1.82) is 0 Å². The summed E-state index contributed by atoms with van der Waals surface area (Å²) in [4.78, 5) is 17.3. The van der Waals surface area contributed by atoms with Crippen molar-refractivity contribution in [2.45, 2.75) is 6.92 Å². The number of hydrogen-bond acceptors (Lipinski definition) is 6. The van der Waals surface area contributed by atoms with Crippen molar-refractivity contribution >= 4 is 38.2 Å². The zero-order valence-corrected chi connectivity index (χ0v) is 19.8. The molecule has 0 aliphatic carbocycles. The molecule has 9 heteroatoms. The first kappa shape index (κ1) is 22.8. The average molecular weight is 487 g/mol. The maximum atomic E-state index is 12.6. The number of anilines is 1. The maximum absolute atomic E-state index is 12.6. The summed E-state index contributed by atoms with van der Waals surface area (Å²) in [5.74, 6) is -0.873. The van der Waals surface area contributed by atoms with Gasteiger partial charge in [0.15, 0.2) is 5.94 Å². The Morgan fingerprint density at radius 1 is 1.00 bits per heavy atom. The van der Waals surface area contributed by atoms with E-state index in [0.717, 1.165) is 27.7 Å². The Balaban J connectivity index is 1.35. The van der Waals surface area contributed by atoms with Crippen LogP contribution in [0.25, 0.3) is 22.2 Å². The zero-order valence-electron chi connectivity index (χ0n) is 19.0. The van der Waals surface area contributed by atoms with Gasteiger partial charge in [-0.3, -0.25) is 9.10 Å². The largest absolute Gasteiger partial charge is 0.362 e. The smallest absolute Gasteiger partial charge is 0.295 e. The lowest BCUT2D eigenvalue weighted by Crippen LogP contribution is -2.41. The second-order valence-electron chi connectivity index (χ2n) is 8.15. The van der Waals surface area contributed by atoms with Crippen LogP contribution in [0.5, 0.6) is 0 Å². The van der Waals surface area contributed by atoms with Crippen molar-refractivity contribution in [1.82, 2.24) is 4.98 Å². The maximum Gasteiger partial charge on any atom is 0.295 e. The van der Waals surface area contributed by atoms with Crippen LogP contribution in [0.1, 0.15) is 15.9 Å². The van der Waals surface area contributed by atoms with Gasteiger partial charge in [0, 0.05) is 16.5 Å². The van der Waals surface area contributed by atoms with Gasteiger partial charge in [0.05, 0.1) is 35.7 Å². The third kappa shape index (κ3) is 4.82. The van der Waals surface area contributed by atoms with Crippen LogP contribution in [-0.2, 0) is 14.8 Å². The van der Waals surface area contributed by atoms with Crippen molar-refractivity contribution in [3.63, 3.8) is 0 Å². The first-order valence-electron chi connectivity index (χ1n) is 11.0. The number of nitrogens with zero attached hydrogens (tertiary/aromatic N) is 4. The van der Waals surface area contributed by atoms with Gasteiger partial charge in [-0.05, 0) is 61.0 Å². The van der Waals surface area contributed by atoms with Crippen LogP contribution < -0.4 is 4.31 Å². The van der Waals surface area contributed by atoms with E-state index >= 15 is 0 Å². The Bertz CT molecular complexity index is 1550. The lowest BCUT2D eigenvalue weighted by Gasteiger charge is -2.28. The van der Waals surface area contributed by atoms with E-state index < -0.39 is 15.9 Å². The second-order valence-corrected chi connectivity index (χ2v) is 9.99. The number of benzene rings is 3. The highest BCUT2D eigenvalue weighted by atomic mass is 32.2. The molecular weight excluding hydrogens is 464 g/mol. The summed E-state index contributed by atoms with van der Waals surface area (Å²) in [5.41, 5.74) is 4.99. The van der Waals surface area contributed by atoms with E-state index in [-0.39, 0.29) is 12.5 Å². The Kier molecular flexibility index (Phi) is 6.10. The summed E-state index contributed by atoms with van der Waals surface area (Å²) >= 11 is 0. The molecular formula is C26H22N4O4S. The molecule has 35 heavy (non-hydrogen) atoms. The number of pyridine rings is 1. The summed E-state index contributed by atoms with van der Waals surface area (Å²) in [7, 11) is -3.52. The fourth-order valence-corrected chi connectivity index (χ4v) is 5.15. The number of rotatable bonds is 4. The van der Waals surface area contributed by atoms with Gasteiger partial charge in [-0.25, -0.2) is 13.4 Å². The van der Waals surface area contributed by atoms with Gasteiger partial charge in [0.2, 0.25) is 0 Å². The fourth-order valence-electron chi connectivity index (χ4n) is 3.90. The topological polar surface area (TPSA) is 101 Å². The van der Waals surface area contributed by atoms with Crippen LogP contribution in [-0.4, -0.2) is 38.4 Å². The SMILES string of the molecule is Cc1ccc(N=NC(=O)c2ccc(N3CCOCS3(=O)=O)cc2)cc1-c1ccc2ccccc2n1. The standard InChI is InChI=1S/C26H22N4O4S/c1-18-6-10-21(16-23(18)25-13-9-19-4-2-3-5-24(19)27-25)28-29-26(31)20-7-11-22(12-8-20)30-14-15-34-17-35(30,32)33/h2-13,16H,14-15,17H2,1H3. The van der Waals surface area contributed by atoms with E-state index in [1.807, 2.05) is 55.5 Å². The van der Waals surface area contributed by atoms with Gasteiger partial charge in [0.1, 0.15) is 0 Å². The molecule has 2 heterocycles. The van der Waals surface area contributed by atoms with Crippen molar-refractivity contribution in [3.8, 4) is 11.3 Å². The Morgan fingerprint density at radius 2 is 1.80 bits per heavy atom. The molecule has 0 saturated carbocycles. The highest BCUT2D eigenvalue weighted by molar-refractivity contribution is 7.92. The van der Waals surface area contributed by atoms with E-state index in [2.05, 4.69) is 10.2 Å². The van der Waals surface area contributed by atoms with Crippen molar-refractivity contribution in [2.75, 3.05) is 23.4 Å². The Hall–Kier alpha value is -3.95. The third-order valence-electron chi connectivity index (χ3n) is 5.76. The lowest BCUT2D eigenvalue weighted by molar-refractivity contribution is 0.0995. The first-order chi connectivity index (χ1) is 16.9. The highest BCUT2D eigenvalue weighted by Gasteiger charge is 2.26. The molecule has 1 aliphatic heterocycles. The van der Waals surface area contributed by atoms with E-state index in [9.17, 15) is 13.2 Å². The van der Waals surface area contributed by atoms with Crippen LogP contribution in [0.15, 0.2) is 89.1 Å². The number of ether oxygens (including phenoxy) is 1. The van der Waals surface area contributed by atoms with Crippen LogP contribution in [0.2, 0.25) is 0 Å². The molecule has 0 atom stereocenters. The summed E-state index contributed by atoms with van der Waals surface area (Å²) in [5, 5.41) is 9.06. The molecule has 0 unspecified atom stereocenters. The van der Waals surface area contributed by atoms with Gasteiger partial charge in [-0.2, -0.15) is 0 Å². The molecule has 5 rings (SSSR count). The molecule has 0 spiro atoms. The van der Waals surface area contributed by atoms with Crippen LogP contribution >= 0.6 is 0 Å².